The minimum Gasteiger partial charge on any atom is -0.354 e. The molecular formula is C23H37N5O. The van der Waals surface area contributed by atoms with Gasteiger partial charge >= 0.3 is 0 Å². The smallest absolute Gasteiger partial charge is 0.241 e. The van der Waals surface area contributed by atoms with E-state index in [0.717, 1.165) is 12.5 Å². The van der Waals surface area contributed by atoms with Crippen molar-refractivity contribution in [2.24, 2.45) is 4.99 Å². The summed E-state index contributed by atoms with van der Waals surface area (Å²) in [5.41, 5.74) is 2.57. The van der Waals surface area contributed by atoms with E-state index < -0.39 is 0 Å². The number of hydrogen-bond donors (Lipinski definition) is 2. The Hall–Kier alpha value is -2.08. The van der Waals surface area contributed by atoms with Crippen LogP contribution in [0.1, 0.15) is 56.1 Å². The van der Waals surface area contributed by atoms with Crippen LogP contribution in [0, 0.1) is 0 Å². The highest BCUT2D eigenvalue weighted by Gasteiger charge is 2.17. The maximum atomic E-state index is 11.9. The molecule has 2 aliphatic rings. The van der Waals surface area contributed by atoms with Gasteiger partial charge in [-0.2, -0.15) is 0 Å². The van der Waals surface area contributed by atoms with Gasteiger partial charge in [0.1, 0.15) is 0 Å². The number of hydrogen-bond acceptors (Lipinski definition) is 3. The number of likely N-dealkylation sites (N-methyl/N-ethyl adjacent to an activating group) is 1. The number of rotatable bonds is 7. The van der Waals surface area contributed by atoms with Crippen molar-refractivity contribution in [1.29, 1.82) is 0 Å². The first-order valence-corrected chi connectivity index (χ1v) is 11.2. The van der Waals surface area contributed by atoms with E-state index in [1.54, 1.807) is 19.0 Å². The molecule has 0 unspecified atom stereocenters. The summed E-state index contributed by atoms with van der Waals surface area (Å²) in [4.78, 5) is 20.8. The number of aliphatic imine (C=N–C) groups is 1. The van der Waals surface area contributed by atoms with Crippen LogP contribution in [0.4, 0.5) is 0 Å². The molecule has 1 saturated carbocycles. The lowest BCUT2D eigenvalue weighted by molar-refractivity contribution is -0.127. The van der Waals surface area contributed by atoms with Gasteiger partial charge in [0.15, 0.2) is 5.96 Å². The summed E-state index contributed by atoms with van der Waals surface area (Å²) in [6.45, 7) is 4.37. The number of piperidine rings is 1. The Labute approximate surface area is 175 Å². The van der Waals surface area contributed by atoms with E-state index >= 15 is 0 Å². The lowest BCUT2D eigenvalue weighted by Gasteiger charge is -2.26. The van der Waals surface area contributed by atoms with Gasteiger partial charge in [0, 0.05) is 26.7 Å². The molecule has 2 N–H and O–H groups in total. The second-order valence-corrected chi connectivity index (χ2v) is 8.59. The molecule has 160 valence electrons. The first-order chi connectivity index (χ1) is 14.1. The Kier molecular flexibility index (Phi) is 8.35. The molecule has 1 aliphatic carbocycles. The highest BCUT2D eigenvalue weighted by Crippen LogP contribution is 2.17. The highest BCUT2D eigenvalue weighted by atomic mass is 16.2. The second kappa shape index (κ2) is 11.2. The van der Waals surface area contributed by atoms with Gasteiger partial charge in [0.05, 0.1) is 13.1 Å². The predicted molar refractivity (Wildman–Crippen MR) is 119 cm³/mol. The molecule has 1 heterocycles. The van der Waals surface area contributed by atoms with Crippen molar-refractivity contribution in [2.75, 3.05) is 33.7 Å². The van der Waals surface area contributed by atoms with Crippen molar-refractivity contribution in [3.05, 3.63) is 35.4 Å². The predicted octanol–water partition coefficient (Wildman–Crippen LogP) is 2.74. The van der Waals surface area contributed by atoms with Crippen LogP contribution in [0.5, 0.6) is 0 Å². The Morgan fingerprint density at radius 3 is 2.34 bits per heavy atom. The van der Waals surface area contributed by atoms with E-state index in [1.807, 2.05) is 0 Å². The monoisotopic (exact) mass is 399 g/mol. The summed E-state index contributed by atoms with van der Waals surface area (Å²) >= 11 is 0. The fourth-order valence-electron chi connectivity index (χ4n) is 4.03. The first-order valence-electron chi connectivity index (χ1n) is 11.2. The molecule has 0 bridgehead atoms. The number of nitrogens with one attached hydrogen (secondary N) is 2. The molecule has 29 heavy (non-hydrogen) atoms. The Bertz CT molecular complexity index is 658. The first kappa shape index (κ1) is 21.6. The minimum absolute atomic E-state index is 0.0491. The van der Waals surface area contributed by atoms with Gasteiger partial charge in [0.2, 0.25) is 5.91 Å². The topological polar surface area (TPSA) is 60.0 Å². The number of guanidine groups is 1. The summed E-state index contributed by atoms with van der Waals surface area (Å²) in [5, 5.41) is 6.71. The van der Waals surface area contributed by atoms with Gasteiger partial charge in [-0.05, 0) is 49.9 Å². The van der Waals surface area contributed by atoms with Crippen molar-refractivity contribution in [3.63, 3.8) is 0 Å². The summed E-state index contributed by atoms with van der Waals surface area (Å²) in [6, 6.07) is 9.28. The quantitative estimate of drug-likeness (QED) is 0.547. The van der Waals surface area contributed by atoms with E-state index in [9.17, 15) is 4.79 Å². The van der Waals surface area contributed by atoms with Crippen LogP contribution in [-0.4, -0.2) is 61.4 Å². The molecule has 2 fully saturated rings. The van der Waals surface area contributed by atoms with Crippen LogP contribution in [0.2, 0.25) is 0 Å². The van der Waals surface area contributed by atoms with E-state index in [-0.39, 0.29) is 12.5 Å². The number of benzene rings is 1. The second-order valence-electron chi connectivity index (χ2n) is 8.59. The van der Waals surface area contributed by atoms with Crippen LogP contribution < -0.4 is 10.6 Å². The molecule has 1 aromatic rings. The largest absolute Gasteiger partial charge is 0.354 e. The SMILES string of the molecule is CN(C)C(=O)CNC(=NCc1ccc(CN2CCCCC2)cc1)NC1CCCC1. The lowest BCUT2D eigenvalue weighted by Crippen LogP contribution is -2.46. The highest BCUT2D eigenvalue weighted by molar-refractivity contribution is 5.86. The van der Waals surface area contributed by atoms with Crippen molar-refractivity contribution in [2.45, 2.75) is 64.1 Å². The van der Waals surface area contributed by atoms with E-state index in [0.29, 0.717) is 12.6 Å². The molecule has 1 aliphatic heterocycles. The fourth-order valence-corrected chi connectivity index (χ4v) is 4.03. The van der Waals surface area contributed by atoms with Gasteiger partial charge in [-0.1, -0.05) is 43.5 Å². The zero-order valence-corrected chi connectivity index (χ0v) is 18.1. The number of carbonyl (C=O) groups excluding carboxylic acids is 1. The van der Waals surface area contributed by atoms with Gasteiger partial charge in [0.25, 0.3) is 0 Å². The van der Waals surface area contributed by atoms with E-state index in [1.165, 1.54) is 69.2 Å². The van der Waals surface area contributed by atoms with Gasteiger partial charge < -0.3 is 15.5 Å². The number of carbonyl (C=O) groups is 1. The molecular weight excluding hydrogens is 362 g/mol. The Balaban J connectivity index is 1.55. The fraction of sp³-hybridized carbons (Fsp3) is 0.652. The van der Waals surface area contributed by atoms with Crippen LogP contribution in [0.25, 0.3) is 0 Å². The third-order valence-corrected chi connectivity index (χ3v) is 5.90. The lowest BCUT2D eigenvalue weighted by atomic mass is 10.1. The maximum absolute atomic E-state index is 11.9. The van der Waals surface area contributed by atoms with Crippen LogP contribution in [-0.2, 0) is 17.9 Å². The van der Waals surface area contributed by atoms with Crippen LogP contribution >= 0.6 is 0 Å². The summed E-state index contributed by atoms with van der Waals surface area (Å²) in [7, 11) is 3.55. The molecule has 6 heteroatoms. The van der Waals surface area contributed by atoms with Crippen molar-refractivity contribution >= 4 is 11.9 Å². The van der Waals surface area contributed by atoms with Gasteiger partial charge in [-0.25, -0.2) is 4.99 Å². The summed E-state index contributed by atoms with van der Waals surface area (Å²) in [6.07, 6.45) is 8.90. The summed E-state index contributed by atoms with van der Waals surface area (Å²) in [5.74, 6) is 0.789. The Morgan fingerprint density at radius 2 is 1.69 bits per heavy atom. The third-order valence-electron chi connectivity index (χ3n) is 5.90. The summed E-state index contributed by atoms with van der Waals surface area (Å²) < 4.78 is 0. The van der Waals surface area contributed by atoms with E-state index in [4.69, 9.17) is 4.99 Å². The molecule has 0 atom stereocenters. The van der Waals surface area contributed by atoms with Crippen molar-refractivity contribution < 1.29 is 4.79 Å². The molecule has 0 spiro atoms. The molecule has 1 amide bonds. The average molecular weight is 400 g/mol. The molecule has 1 aromatic carbocycles. The molecule has 0 aromatic heterocycles. The average Bonchev–Trinajstić information content (AvgIpc) is 3.24. The molecule has 6 nitrogen and oxygen atoms in total. The maximum Gasteiger partial charge on any atom is 0.241 e. The number of amides is 1. The van der Waals surface area contributed by atoms with Crippen LogP contribution in [0.3, 0.4) is 0 Å². The van der Waals surface area contributed by atoms with Crippen LogP contribution in [0.15, 0.2) is 29.3 Å². The van der Waals surface area contributed by atoms with Gasteiger partial charge in [-0.3, -0.25) is 9.69 Å². The van der Waals surface area contributed by atoms with Gasteiger partial charge in [-0.15, -0.1) is 0 Å². The standard InChI is InChI=1S/C23H37N5O/c1-27(2)22(29)17-25-23(26-21-8-4-5-9-21)24-16-19-10-12-20(13-11-19)18-28-14-6-3-7-15-28/h10-13,21H,3-9,14-18H2,1-2H3,(H2,24,25,26). The minimum atomic E-state index is 0.0491. The zero-order valence-electron chi connectivity index (χ0n) is 18.1. The van der Waals surface area contributed by atoms with Crippen molar-refractivity contribution in [1.82, 2.24) is 20.4 Å². The molecule has 0 radical (unpaired) electrons. The molecule has 1 saturated heterocycles. The Morgan fingerprint density at radius 1 is 1.03 bits per heavy atom. The number of likely N-dealkylation sites (tertiary alicyclic amines) is 1. The normalized spacial score (nSPS) is 18.6. The zero-order chi connectivity index (χ0) is 20.5. The third kappa shape index (κ3) is 7.35. The number of nitrogens with zero attached hydrogens (tertiary/aromatic N) is 3. The molecule has 3 rings (SSSR count). The van der Waals surface area contributed by atoms with E-state index in [2.05, 4.69) is 39.8 Å². The van der Waals surface area contributed by atoms with Crippen molar-refractivity contribution in [3.8, 4) is 0 Å².